The Labute approximate surface area is 79.9 Å². The first-order chi connectivity index (χ1) is 6.70. The van der Waals surface area contributed by atoms with Crippen molar-refractivity contribution in [3.05, 3.63) is 29.3 Å². The molecule has 0 amide bonds. The molecule has 0 aromatic carbocycles. The monoisotopic (exact) mass is 191 g/mol. The smallest absolute Gasteiger partial charge is 0.233 e. The van der Waals surface area contributed by atoms with Crippen LogP contribution in [0.1, 0.15) is 21.7 Å². The second-order valence-corrected chi connectivity index (χ2v) is 2.98. The van der Waals surface area contributed by atoms with Crippen molar-refractivity contribution in [3.63, 3.8) is 0 Å². The molecule has 0 unspecified atom stereocenters. The van der Waals surface area contributed by atoms with Crippen LogP contribution in [0.2, 0.25) is 0 Å². The number of nitrogens with one attached hydrogen (secondary N) is 1. The van der Waals surface area contributed by atoms with Crippen molar-refractivity contribution in [2.24, 2.45) is 7.05 Å². The van der Waals surface area contributed by atoms with Gasteiger partial charge in [0.2, 0.25) is 5.78 Å². The summed E-state index contributed by atoms with van der Waals surface area (Å²) in [6.45, 7) is 1.83. The lowest BCUT2D eigenvalue weighted by Crippen LogP contribution is -2.10. The van der Waals surface area contributed by atoms with Crippen LogP contribution in [-0.4, -0.2) is 31.0 Å². The van der Waals surface area contributed by atoms with Gasteiger partial charge in [-0.05, 0) is 12.5 Å². The third-order valence-electron chi connectivity index (χ3n) is 1.98. The Morgan fingerprint density at radius 3 is 2.79 bits per heavy atom. The molecule has 6 nitrogen and oxygen atoms in total. The molecule has 6 heteroatoms. The fourth-order valence-electron chi connectivity index (χ4n) is 1.31. The lowest BCUT2D eigenvalue weighted by Gasteiger charge is -1.98. The summed E-state index contributed by atoms with van der Waals surface area (Å²) in [5, 5.41) is 13.7. The highest BCUT2D eigenvalue weighted by atomic mass is 16.1. The highest BCUT2D eigenvalue weighted by molar-refractivity contribution is 6.07. The van der Waals surface area contributed by atoms with Crippen LogP contribution in [0.3, 0.4) is 0 Å². The van der Waals surface area contributed by atoms with Gasteiger partial charge in [0, 0.05) is 7.05 Å². The summed E-state index contributed by atoms with van der Waals surface area (Å²) in [6.07, 6.45) is 3.04. The number of aromatic amines is 1. The van der Waals surface area contributed by atoms with E-state index in [1.165, 1.54) is 10.9 Å². The van der Waals surface area contributed by atoms with Crippen LogP contribution in [-0.2, 0) is 7.05 Å². The van der Waals surface area contributed by atoms with Gasteiger partial charge in [-0.1, -0.05) is 0 Å². The first kappa shape index (κ1) is 8.61. The van der Waals surface area contributed by atoms with E-state index in [0.29, 0.717) is 11.4 Å². The molecular formula is C8H9N5O. The molecule has 0 aliphatic heterocycles. The minimum Gasteiger partial charge on any atom is -0.285 e. The lowest BCUT2D eigenvalue weighted by atomic mass is 10.1. The summed E-state index contributed by atoms with van der Waals surface area (Å²) in [7, 11) is 1.72. The molecule has 0 saturated heterocycles. The van der Waals surface area contributed by atoms with Gasteiger partial charge in [-0.25, -0.2) is 0 Å². The summed E-state index contributed by atoms with van der Waals surface area (Å²) in [4.78, 5) is 11.8. The van der Waals surface area contributed by atoms with Gasteiger partial charge in [0.15, 0.2) is 5.69 Å². The predicted molar refractivity (Wildman–Crippen MR) is 47.8 cm³/mol. The summed E-state index contributed by atoms with van der Waals surface area (Å²) >= 11 is 0. The van der Waals surface area contributed by atoms with Crippen LogP contribution in [0.25, 0.3) is 0 Å². The Balaban J connectivity index is 2.46. The van der Waals surface area contributed by atoms with E-state index in [4.69, 9.17) is 0 Å². The third-order valence-corrected chi connectivity index (χ3v) is 1.98. The first-order valence-corrected chi connectivity index (χ1v) is 4.09. The topological polar surface area (TPSA) is 76.5 Å². The molecule has 0 aliphatic rings. The standard InChI is InChI=1S/C8H9N5O/c1-5-3-10-13(2)7(5)8(14)6-4-9-12-11-6/h3-4H,1-2H3,(H,9,11,12). The maximum Gasteiger partial charge on any atom is 0.233 e. The Morgan fingerprint density at radius 1 is 1.50 bits per heavy atom. The van der Waals surface area contributed by atoms with Gasteiger partial charge < -0.3 is 0 Å². The quantitative estimate of drug-likeness (QED) is 0.682. The van der Waals surface area contributed by atoms with Crippen molar-refractivity contribution in [2.45, 2.75) is 6.92 Å². The number of aromatic nitrogens is 5. The summed E-state index contributed by atoms with van der Waals surface area (Å²) < 4.78 is 1.53. The fourth-order valence-corrected chi connectivity index (χ4v) is 1.31. The number of carbonyl (C=O) groups excluding carboxylic acids is 1. The van der Waals surface area contributed by atoms with Gasteiger partial charge in [-0.15, -0.1) is 0 Å². The van der Waals surface area contributed by atoms with E-state index in [9.17, 15) is 4.79 Å². The molecule has 0 radical (unpaired) electrons. The predicted octanol–water partition coefficient (Wildman–Crippen LogP) is 0.0776. The van der Waals surface area contributed by atoms with Crippen LogP contribution in [0.5, 0.6) is 0 Å². The Hall–Kier alpha value is -1.98. The van der Waals surface area contributed by atoms with Gasteiger partial charge in [0.05, 0.1) is 12.4 Å². The van der Waals surface area contributed by atoms with Crippen LogP contribution >= 0.6 is 0 Å². The highest BCUT2D eigenvalue weighted by Crippen LogP contribution is 2.10. The minimum absolute atomic E-state index is 0.170. The zero-order chi connectivity index (χ0) is 10.1. The number of ketones is 1. The van der Waals surface area contributed by atoms with Crippen LogP contribution < -0.4 is 0 Å². The van der Waals surface area contributed by atoms with Crippen molar-refractivity contribution in [2.75, 3.05) is 0 Å². The molecule has 0 bridgehead atoms. The van der Waals surface area contributed by atoms with Crippen molar-refractivity contribution < 1.29 is 4.79 Å². The van der Waals surface area contributed by atoms with Gasteiger partial charge in [-0.3, -0.25) is 9.48 Å². The molecule has 1 N–H and O–H groups in total. The Morgan fingerprint density at radius 2 is 2.29 bits per heavy atom. The Kier molecular flexibility index (Phi) is 1.88. The SMILES string of the molecule is Cc1cnn(C)c1C(=O)c1cn[nH]n1. The zero-order valence-corrected chi connectivity index (χ0v) is 7.85. The largest absolute Gasteiger partial charge is 0.285 e. The molecule has 0 fully saturated rings. The number of aryl methyl sites for hydroxylation is 2. The Bertz CT molecular complexity index is 437. The molecule has 0 atom stereocenters. The fraction of sp³-hybridized carbons (Fsp3) is 0.250. The van der Waals surface area contributed by atoms with E-state index in [1.54, 1.807) is 13.2 Å². The summed E-state index contributed by atoms with van der Waals surface area (Å²) in [5.41, 5.74) is 1.68. The minimum atomic E-state index is -0.170. The molecule has 14 heavy (non-hydrogen) atoms. The van der Waals surface area contributed by atoms with Gasteiger partial charge >= 0.3 is 0 Å². The second kappa shape index (κ2) is 3.06. The number of hydrogen-bond acceptors (Lipinski definition) is 4. The zero-order valence-electron chi connectivity index (χ0n) is 7.85. The van der Waals surface area contributed by atoms with E-state index in [1.807, 2.05) is 6.92 Å². The normalized spacial score (nSPS) is 10.4. The molecule has 2 aromatic rings. The van der Waals surface area contributed by atoms with Crippen LogP contribution in [0, 0.1) is 6.92 Å². The number of carbonyl (C=O) groups is 1. The first-order valence-electron chi connectivity index (χ1n) is 4.09. The summed E-state index contributed by atoms with van der Waals surface area (Å²) in [5.74, 6) is -0.170. The van der Waals surface area contributed by atoms with Crippen molar-refractivity contribution in [1.82, 2.24) is 25.2 Å². The molecule has 2 heterocycles. The highest BCUT2D eigenvalue weighted by Gasteiger charge is 2.17. The van der Waals surface area contributed by atoms with Gasteiger partial charge in [-0.2, -0.15) is 20.5 Å². The number of rotatable bonds is 2. The molecule has 0 aliphatic carbocycles. The average molecular weight is 191 g/mol. The second-order valence-electron chi connectivity index (χ2n) is 2.98. The molecule has 0 saturated carbocycles. The number of H-pyrrole nitrogens is 1. The maximum atomic E-state index is 11.8. The van der Waals surface area contributed by atoms with Crippen molar-refractivity contribution in [3.8, 4) is 0 Å². The van der Waals surface area contributed by atoms with E-state index in [-0.39, 0.29) is 5.78 Å². The number of hydrogen-bond donors (Lipinski definition) is 1. The van der Waals surface area contributed by atoms with E-state index in [2.05, 4.69) is 20.5 Å². The van der Waals surface area contributed by atoms with E-state index >= 15 is 0 Å². The van der Waals surface area contributed by atoms with Gasteiger partial charge in [0.25, 0.3) is 0 Å². The van der Waals surface area contributed by atoms with E-state index < -0.39 is 0 Å². The van der Waals surface area contributed by atoms with E-state index in [0.717, 1.165) is 5.56 Å². The summed E-state index contributed by atoms with van der Waals surface area (Å²) in [6, 6.07) is 0. The molecule has 2 rings (SSSR count). The van der Waals surface area contributed by atoms with Crippen LogP contribution in [0.4, 0.5) is 0 Å². The molecular weight excluding hydrogens is 182 g/mol. The third kappa shape index (κ3) is 1.20. The van der Waals surface area contributed by atoms with Gasteiger partial charge in [0.1, 0.15) is 5.69 Å². The molecule has 2 aromatic heterocycles. The molecule has 0 spiro atoms. The lowest BCUT2D eigenvalue weighted by molar-refractivity contribution is 0.102. The van der Waals surface area contributed by atoms with Crippen LogP contribution in [0.15, 0.2) is 12.4 Å². The maximum absolute atomic E-state index is 11.8. The number of nitrogens with zero attached hydrogens (tertiary/aromatic N) is 4. The van der Waals surface area contributed by atoms with Crippen molar-refractivity contribution >= 4 is 5.78 Å². The average Bonchev–Trinajstić information content (AvgIpc) is 2.75. The van der Waals surface area contributed by atoms with Crippen molar-refractivity contribution in [1.29, 1.82) is 0 Å². The molecule has 72 valence electrons.